The van der Waals surface area contributed by atoms with E-state index in [-0.39, 0.29) is 18.2 Å². The third-order valence-electron chi connectivity index (χ3n) is 3.70. The van der Waals surface area contributed by atoms with Gasteiger partial charge in [-0.15, -0.1) is 0 Å². The molecule has 0 aliphatic rings. The summed E-state index contributed by atoms with van der Waals surface area (Å²) in [5.74, 6) is 0.694. The van der Waals surface area contributed by atoms with Crippen molar-refractivity contribution >= 4 is 38.3 Å². The Kier molecular flexibility index (Phi) is 7.27. The molecule has 0 aromatic heterocycles. The van der Waals surface area contributed by atoms with Crippen LogP contribution in [0, 0.1) is 3.57 Å². The van der Waals surface area contributed by atoms with Gasteiger partial charge in [0.1, 0.15) is 0 Å². The number of rotatable bonds is 8. The van der Waals surface area contributed by atoms with E-state index in [9.17, 15) is 13.2 Å². The third kappa shape index (κ3) is 5.10. The second kappa shape index (κ2) is 9.22. The summed E-state index contributed by atoms with van der Waals surface area (Å²) in [6.07, 6.45) is 0.326. The molecule has 0 aliphatic carbocycles. The van der Waals surface area contributed by atoms with Crippen LogP contribution in [0.2, 0.25) is 0 Å². The number of ether oxygens (including phenoxy) is 2. The van der Waals surface area contributed by atoms with Gasteiger partial charge in [0.05, 0.1) is 30.4 Å². The number of carbonyl (C=O) groups excluding carboxylic acids is 1. The second-order valence-electron chi connectivity index (χ2n) is 5.43. The molecule has 0 saturated heterocycles. The fraction of sp³-hybridized carbons (Fsp3) is 0.278. The van der Waals surface area contributed by atoms with Gasteiger partial charge in [0, 0.05) is 10.1 Å². The number of carbonyl (C=O) groups is 1. The molecule has 0 saturated carbocycles. The van der Waals surface area contributed by atoms with Crippen LogP contribution < -0.4 is 14.8 Å². The summed E-state index contributed by atoms with van der Waals surface area (Å²) < 4.78 is 35.6. The van der Waals surface area contributed by atoms with Crippen LogP contribution in [-0.4, -0.2) is 40.8 Å². The van der Waals surface area contributed by atoms with Crippen LogP contribution in [0.1, 0.15) is 16.8 Å². The van der Waals surface area contributed by atoms with E-state index in [1.54, 1.807) is 42.5 Å². The van der Waals surface area contributed by atoms with Gasteiger partial charge in [0.25, 0.3) is 5.91 Å². The number of nitrogens with one attached hydrogen (secondary N) is 1. The number of methoxy groups -OCH3 is 2. The fourth-order valence-electron chi connectivity index (χ4n) is 2.33. The molecule has 0 unspecified atom stereocenters. The first-order chi connectivity index (χ1) is 12.4. The van der Waals surface area contributed by atoms with E-state index in [0.29, 0.717) is 28.4 Å². The summed E-state index contributed by atoms with van der Waals surface area (Å²) in [5.41, 5.74) is 0.453. The highest BCUT2D eigenvalue weighted by atomic mass is 127. The lowest BCUT2D eigenvalue weighted by Crippen LogP contribution is -2.26. The SMILES string of the molecule is COc1cc(I)c(C(=O)NCCCS(=O)(=O)c2ccccc2)cc1OC. The number of hydrogen-bond donors (Lipinski definition) is 1. The lowest BCUT2D eigenvalue weighted by atomic mass is 10.2. The zero-order valence-corrected chi connectivity index (χ0v) is 17.5. The Morgan fingerprint density at radius 3 is 2.31 bits per heavy atom. The van der Waals surface area contributed by atoms with Gasteiger partial charge in [-0.25, -0.2) is 8.42 Å². The average molecular weight is 489 g/mol. The number of benzene rings is 2. The van der Waals surface area contributed by atoms with Crippen molar-refractivity contribution in [2.45, 2.75) is 11.3 Å². The van der Waals surface area contributed by atoms with Crippen LogP contribution in [0.5, 0.6) is 11.5 Å². The molecule has 0 fully saturated rings. The van der Waals surface area contributed by atoms with Crippen molar-refractivity contribution < 1.29 is 22.7 Å². The predicted molar refractivity (Wildman–Crippen MR) is 108 cm³/mol. The Labute approximate surface area is 167 Å². The van der Waals surface area contributed by atoms with Crippen molar-refractivity contribution in [3.05, 3.63) is 51.6 Å². The molecule has 2 aromatic rings. The largest absolute Gasteiger partial charge is 0.493 e. The number of amides is 1. The van der Waals surface area contributed by atoms with Gasteiger partial charge < -0.3 is 14.8 Å². The van der Waals surface area contributed by atoms with E-state index in [1.165, 1.54) is 14.2 Å². The van der Waals surface area contributed by atoms with Crippen molar-refractivity contribution in [3.63, 3.8) is 0 Å². The Morgan fingerprint density at radius 2 is 1.69 bits per heavy atom. The fourth-order valence-corrected chi connectivity index (χ4v) is 4.35. The first kappa shape index (κ1) is 20.5. The quantitative estimate of drug-likeness (QED) is 0.456. The standard InChI is InChI=1S/C18H20INO5S/c1-24-16-11-14(15(19)12-17(16)25-2)18(21)20-9-6-10-26(22,23)13-7-4-3-5-8-13/h3-5,7-8,11-12H,6,9-10H2,1-2H3,(H,20,21). The minimum atomic E-state index is -3.34. The maximum atomic E-state index is 12.4. The zero-order chi connectivity index (χ0) is 19.2. The molecule has 140 valence electrons. The van der Waals surface area contributed by atoms with Crippen molar-refractivity contribution in [1.82, 2.24) is 5.32 Å². The van der Waals surface area contributed by atoms with Crippen molar-refractivity contribution in [2.24, 2.45) is 0 Å². The van der Waals surface area contributed by atoms with E-state index in [0.717, 1.165) is 3.57 Å². The van der Waals surface area contributed by atoms with E-state index >= 15 is 0 Å². The maximum Gasteiger partial charge on any atom is 0.252 e. The highest BCUT2D eigenvalue weighted by Gasteiger charge is 2.16. The van der Waals surface area contributed by atoms with Crippen molar-refractivity contribution in [2.75, 3.05) is 26.5 Å². The molecule has 2 rings (SSSR count). The molecule has 0 bridgehead atoms. The molecule has 6 nitrogen and oxygen atoms in total. The normalized spacial score (nSPS) is 11.0. The van der Waals surface area contributed by atoms with Crippen LogP contribution in [-0.2, 0) is 9.84 Å². The maximum absolute atomic E-state index is 12.4. The Morgan fingerprint density at radius 1 is 1.08 bits per heavy atom. The summed E-state index contributed by atoms with van der Waals surface area (Å²) in [6.45, 7) is 0.259. The molecule has 0 atom stereocenters. The number of sulfone groups is 1. The van der Waals surface area contributed by atoms with Crippen LogP contribution in [0.4, 0.5) is 0 Å². The van der Waals surface area contributed by atoms with Gasteiger partial charge in [-0.2, -0.15) is 0 Å². The Balaban J connectivity index is 1.95. The Hall–Kier alpha value is -1.81. The van der Waals surface area contributed by atoms with Gasteiger partial charge >= 0.3 is 0 Å². The minimum Gasteiger partial charge on any atom is -0.493 e. The molecular weight excluding hydrogens is 469 g/mol. The summed E-state index contributed by atoms with van der Waals surface area (Å²) in [7, 11) is -0.311. The van der Waals surface area contributed by atoms with E-state index in [4.69, 9.17) is 9.47 Å². The monoisotopic (exact) mass is 489 g/mol. The average Bonchev–Trinajstić information content (AvgIpc) is 2.65. The molecule has 8 heteroatoms. The number of hydrogen-bond acceptors (Lipinski definition) is 5. The highest BCUT2D eigenvalue weighted by molar-refractivity contribution is 14.1. The smallest absolute Gasteiger partial charge is 0.252 e. The Bertz CT molecular complexity index is 869. The molecule has 0 radical (unpaired) electrons. The third-order valence-corrected chi connectivity index (χ3v) is 6.40. The first-order valence-electron chi connectivity index (χ1n) is 7.86. The molecule has 0 heterocycles. The van der Waals surface area contributed by atoms with Gasteiger partial charge in [-0.3, -0.25) is 4.79 Å². The predicted octanol–water partition coefficient (Wildman–Crippen LogP) is 2.90. The molecule has 26 heavy (non-hydrogen) atoms. The van der Waals surface area contributed by atoms with Gasteiger partial charge in [0.2, 0.25) is 0 Å². The van der Waals surface area contributed by atoms with Crippen LogP contribution in [0.15, 0.2) is 47.4 Å². The van der Waals surface area contributed by atoms with Crippen LogP contribution >= 0.6 is 22.6 Å². The topological polar surface area (TPSA) is 81.7 Å². The summed E-state index contributed by atoms with van der Waals surface area (Å²) >= 11 is 2.05. The second-order valence-corrected chi connectivity index (χ2v) is 8.70. The summed E-state index contributed by atoms with van der Waals surface area (Å²) in [6, 6.07) is 11.6. The van der Waals surface area contributed by atoms with Gasteiger partial charge in [0.15, 0.2) is 21.3 Å². The molecular formula is C18H20INO5S. The highest BCUT2D eigenvalue weighted by Crippen LogP contribution is 2.31. The molecule has 0 spiro atoms. The van der Waals surface area contributed by atoms with Crippen LogP contribution in [0.25, 0.3) is 0 Å². The van der Waals surface area contributed by atoms with Crippen molar-refractivity contribution in [1.29, 1.82) is 0 Å². The zero-order valence-electron chi connectivity index (χ0n) is 14.5. The lowest BCUT2D eigenvalue weighted by Gasteiger charge is -2.12. The first-order valence-corrected chi connectivity index (χ1v) is 10.6. The molecule has 1 amide bonds. The van der Waals surface area contributed by atoms with E-state index in [2.05, 4.69) is 5.32 Å². The summed E-state index contributed by atoms with van der Waals surface area (Å²) in [4.78, 5) is 12.7. The minimum absolute atomic E-state index is 0.0275. The van der Waals surface area contributed by atoms with Crippen LogP contribution in [0.3, 0.4) is 0 Å². The van der Waals surface area contributed by atoms with E-state index in [1.807, 2.05) is 22.6 Å². The van der Waals surface area contributed by atoms with Gasteiger partial charge in [-0.05, 0) is 53.3 Å². The molecule has 1 N–H and O–H groups in total. The number of halogens is 1. The van der Waals surface area contributed by atoms with Crippen molar-refractivity contribution in [3.8, 4) is 11.5 Å². The lowest BCUT2D eigenvalue weighted by molar-refractivity contribution is 0.0952. The van der Waals surface area contributed by atoms with Gasteiger partial charge in [-0.1, -0.05) is 18.2 Å². The van der Waals surface area contributed by atoms with E-state index < -0.39 is 9.84 Å². The summed E-state index contributed by atoms with van der Waals surface area (Å²) in [5, 5.41) is 2.75. The molecule has 0 aliphatic heterocycles. The molecule has 2 aromatic carbocycles.